The van der Waals surface area contributed by atoms with Crippen molar-refractivity contribution in [3.05, 3.63) is 77.1 Å². The first-order valence-electron chi connectivity index (χ1n) is 9.06. The molecule has 0 unspecified atom stereocenters. The summed E-state index contributed by atoms with van der Waals surface area (Å²) < 4.78 is 44.9. The van der Waals surface area contributed by atoms with Gasteiger partial charge in [-0.15, -0.1) is 0 Å². The zero-order valence-corrected chi connectivity index (χ0v) is 16.2. The number of nitrogens with zero attached hydrogens (tertiary/aromatic N) is 2. The van der Waals surface area contributed by atoms with E-state index in [4.69, 9.17) is 4.74 Å². The minimum absolute atomic E-state index is 0.275. The predicted octanol–water partition coefficient (Wildman–Crippen LogP) is 4.66. The minimum Gasteiger partial charge on any atom is -0.464 e. The first-order chi connectivity index (χ1) is 14.2. The molecule has 1 aliphatic rings. The smallest absolute Gasteiger partial charge is 0.416 e. The van der Waals surface area contributed by atoms with Crippen LogP contribution in [0.25, 0.3) is 11.1 Å². The number of hydrogen-bond acceptors (Lipinski definition) is 3. The number of fused-ring (bicyclic) bond motifs is 1. The van der Waals surface area contributed by atoms with Crippen molar-refractivity contribution in [3.63, 3.8) is 0 Å². The van der Waals surface area contributed by atoms with E-state index in [0.717, 1.165) is 17.7 Å². The fraction of sp³-hybridized carbons (Fsp3) is 0.182. The summed E-state index contributed by atoms with van der Waals surface area (Å²) in [6.45, 7) is 0.299. The summed E-state index contributed by atoms with van der Waals surface area (Å²) in [7, 11) is 2.96. The van der Waals surface area contributed by atoms with Gasteiger partial charge in [0.2, 0.25) is 0 Å². The van der Waals surface area contributed by atoms with Crippen LogP contribution in [0.1, 0.15) is 32.0 Å². The van der Waals surface area contributed by atoms with E-state index in [0.29, 0.717) is 34.6 Å². The Balaban J connectivity index is 1.71. The van der Waals surface area contributed by atoms with Crippen LogP contribution in [0.3, 0.4) is 0 Å². The first kappa shape index (κ1) is 19.8. The third-order valence-electron chi connectivity index (χ3n) is 5.16. The number of alkyl halides is 3. The van der Waals surface area contributed by atoms with E-state index >= 15 is 0 Å². The number of aromatic nitrogens is 1. The molecule has 0 N–H and O–H groups in total. The van der Waals surface area contributed by atoms with Crippen molar-refractivity contribution in [1.29, 1.82) is 0 Å². The number of carbonyl (C=O) groups is 2. The van der Waals surface area contributed by atoms with Crippen molar-refractivity contribution in [3.8, 4) is 11.1 Å². The highest BCUT2D eigenvalue weighted by Crippen LogP contribution is 2.37. The van der Waals surface area contributed by atoms with Gasteiger partial charge in [0.1, 0.15) is 5.69 Å². The molecule has 0 fully saturated rings. The second-order valence-corrected chi connectivity index (χ2v) is 6.99. The number of amides is 1. The van der Waals surface area contributed by atoms with Crippen LogP contribution in [0.2, 0.25) is 0 Å². The van der Waals surface area contributed by atoms with Crippen molar-refractivity contribution in [2.24, 2.45) is 7.05 Å². The van der Waals surface area contributed by atoms with Gasteiger partial charge < -0.3 is 14.2 Å². The van der Waals surface area contributed by atoms with Crippen LogP contribution in [0, 0.1) is 0 Å². The monoisotopic (exact) mass is 414 g/mol. The molecule has 30 heavy (non-hydrogen) atoms. The van der Waals surface area contributed by atoms with Crippen LogP contribution >= 0.6 is 0 Å². The molecule has 154 valence electrons. The summed E-state index contributed by atoms with van der Waals surface area (Å²) in [5.74, 6) is -0.791. The molecule has 8 heteroatoms. The third-order valence-corrected chi connectivity index (χ3v) is 5.16. The average molecular weight is 414 g/mol. The number of esters is 1. The van der Waals surface area contributed by atoms with Gasteiger partial charge in [-0.2, -0.15) is 13.2 Å². The molecule has 2 heterocycles. The molecule has 0 radical (unpaired) electrons. The molecule has 3 aromatic rings. The van der Waals surface area contributed by atoms with Crippen molar-refractivity contribution >= 4 is 17.6 Å². The van der Waals surface area contributed by atoms with Crippen LogP contribution in [0.4, 0.5) is 18.9 Å². The Bertz CT molecular complexity index is 1150. The van der Waals surface area contributed by atoms with Crippen LogP contribution in [0.15, 0.2) is 54.7 Å². The van der Waals surface area contributed by atoms with Gasteiger partial charge in [-0.3, -0.25) is 4.79 Å². The highest BCUT2D eigenvalue weighted by molar-refractivity contribution is 6.14. The van der Waals surface area contributed by atoms with Crippen molar-refractivity contribution in [2.45, 2.75) is 12.7 Å². The number of ether oxygens (including phenoxy) is 1. The number of anilines is 1. The predicted molar refractivity (Wildman–Crippen MR) is 104 cm³/mol. The molecule has 1 aliphatic heterocycles. The Kier molecular flexibility index (Phi) is 4.64. The van der Waals surface area contributed by atoms with Gasteiger partial charge >= 0.3 is 12.1 Å². The molecule has 0 saturated carbocycles. The highest BCUT2D eigenvalue weighted by Gasteiger charge is 2.33. The number of carbonyl (C=O) groups excluding carboxylic acids is 2. The molecular weight excluding hydrogens is 397 g/mol. The Morgan fingerprint density at radius 1 is 1.10 bits per heavy atom. The molecule has 1 aromatic heterocycles. The van der Waals surface area contributed by atoms with E-state index in [1.807, 2.05) is 6.07 Å². The number of rotatable bonds is 3. The first-order valence-corrected chi connectivity index (χ1v) is 9.06. The zero-order valence-electron chi connectivity index (χ0n) is 16.2. The Hall–Kier alpha value is -3.55. The van der Waals surface area contributed by atoms with E-state index in [2.05, 4.69) is 0 Å². The van der Waals surface area contributed by atoms with Gasteiger partial charge in [-0.1, -0.05) is 30.3 Å². The summed E-state index contributed by atoms with van der Waals surface area (Å²) in [4.78, 5) is 26.6. The normalized spacial score (nSPS) is 13.5. The Morgan fingerprint density at radius 2 is 1.80 bits per heavy atom. The molecule has 0 atom stereocenters. The van der Waals surface area contributed by atoms with Gasteiger partial charge in [0.25, 0.3) is 5.91 Å². The lowest BCUT2D eigenvalue weighted by Crippen LogP contribution is -2.22. The molecule has 0 saturated heterocycles. The molecule has 4 rings (SSSR count). The molecule has 0 bridgehead atoms. The second-order valence-electron chi connectivity index (χ2n) is 6.99. The third kappa shape index (κ3) is 3.24. The molecule has 5 nitrogen and oxygen atoms in total. The van der Waals surface area contributed by atoms with Gasteiger partial charge in [0.05, 0.1) is 30.5 Å². The van der Waals surface area contributed by atoms with E-state index in [-0.39, 0.29) is 5.91 Å². The maximum atomic E-state index is 13.2. The lowest BCUT2D eigenvalue weighted by atomic mass is 9.96. The number of methoxy groups -OCH3 is 1. The minimum atomic E-state index is -4.42. The quantitative estimate of drug-likeness (QED) is 0.586. The fourth-order valence-corrected chi connectivity index (χ4v) is 3.65. The molecule has 0 spiro atoms. The topological polar surface area (TPSA) is 51.5 Å². The molecule has 0 aliphatic carbocycles. The Labute approximate surface area is 170 Å². The summed E-state index contributed by atoms with van der Waals surface area (Å²) in [5.41, 5.74) is 2.40. The maximum Gasteiger partial charge on any atom is 0.416 e. The number of benzene rings is 2. The van der Waals surface area contributed by atoms with Crippen molar-refractivity contribution in [1.82, 2.24) is 4.57 Å². The maximum absolute atomic E-state index is 13.2. The fourth-order valence-electron chi connectivity index (χ4n) is 3.65. The van der Waals surface area contributed by atoms with E-state index in [1.165, 1.54) is 24.1 Å². The number of aryl methyl sites for hydroxylation is 1. The number of hydrogen-bond donors (Lipinski definition) is 0. The van der Waals surface area contributed by atoms with Gasteiger partial charge in [0, 0.05) is 13.2 Å². The van der Waals surface area contributed by atoms with Gasteiger partial charge in [-0.25, -0.2) is 4.79 Å². The SMILES string of the molecule is COC(=O)c1cc(N2Cc3cccc(-c4ccc(C(F)(F)F)cc4)c3C2=O)cn1C. The van der Waals surface area contributed by atoms with Crippen LogP contribution in [0.5, 0.6) is 0 Å². The standard InChI is InChI=1S/C22H17F3N2O3/c1-26-12-16(10-18(26)21(29)30-2)27-11-14-4-3-5-17(19(14)20(27)28)13-6-8-15(9-7-13)22(23,24)25/h3-10,12H,11H2,1-2H3. The molecule has 1 amide bonds. The lowest BCUT2D eigenvalue weighted by molar-refractivity contribution is -0.137. The zero-order chi connectivity index (χ0) is 21.6. The van der Waals surface area contributed by atoms with E-state index in [1.54, 1.807) is 36.0 Å². The molecule has 2 aromatic carbocycles. The largest absolute Gasteiger partial charge is 0.464 e. The summed E-state index contributed by atoms with van der Waals surface area (Å²) in [6, 6.07) is 11.6. The number of halogens is 3. The van der Waals surface area contributed by atoms with Crippen LogP contribution in [-0.4, -0.2) is 23.6 Å². The van der Waals surface area contributed by atoms with Crippen LogP contribution < -0.4 is 4.90 Å². The summed E-state index contributed by atoms with van der Waals surface area (Å²) >= 11 is 0. The summed E-state index contributed by atoms with van der Waals surface area (Å²) in [6.07, 6.45) is -2.76. The second kappa shape index (κ2) is 7.05. The van der Waals surface area contributed by atoms with Crippen molar-refractivity contribution < 1.29 is 27.5 Å². The van der Waals surface area contributed by atoms with E-state index in [9.17, 15) is 22.8 Å². The average Bonchev–Trinajstić information content (AvgIpc) is 3.27. The molecular formula is C22H17F3N2O3. The van der Waals surface area contributed by atoms with Crippen molar-refractivity contribution in [2.75, 3.05) is 12.0 Å². The van der Waals surface area contributed by atoms with Gasteiger partial charge in [-0.05, 0) is 34.9 Å². The summed E-state index contributed by atoms with van der Waals surface area (Å²) in [5, 5.41) is 0. The highest BCUT2D eigenvalue weighted by atomic mass is 19.4. The Morgan fingerprint density at radius 3 is 2.43 bits per heavy atom. The van der Waals surface area contributed by atoms with Crippen LogP contribution in [-0.2, 0) is 24.5 Å². The lowest BCUT2D eigenvalue weighted by Gasteiger charge is -2.13. The van der Waals surface area contributed by atoms with E-state index < -0.39 is 17.7 Å². The van der Waals surface area contributed by atoms with Gasteiger partial charge in [0.15, 0.2) is 0 Å².